The van der Waals surface area contributed by atoms with Gasteiger partial charge in [0.2, 0.25) is 11.9 Å². The molecule has 1 heterocycles. The molecule has 1 aromatic heterocycles. The number of nitrogens with one attached hydrogen (secondary N) is 3. The van der Waals surface area contributed by atoms with E-state index in [1.807, 2.05) is 61.5 Å². The smallest absolute Gasteiger partial charge is 0.224 e. The summed E-state index contributed by atoms with van der Waals surface area (Å²) in [6.07, 6.45) is 1.14. The summed E-state index contributed by atoms with van der Waals surface area (Å²) in [5.74, 6) is 2.09. The Bertz CT molecular complexity index is 988. The molecule has 0 aliphatic rings. The van der Waals surface area contributed by atoms with E-state index in [2.05, 4.69) is 32.8 Å². The van der Waals surface area contributed by atoms with Crippen LogP contribution in [-0.2, 0) is 11.2 Å². The van der Waals surface area contributed by atoms with Crippen molar-refractivity contribution in [2.75, 3.05) is 30.8 Å². The van der Waals surface area contributed by atoms with Crippen LogP contribution in [0.5, 0.6) is 5.75 Å². The summed E-state index contributed by atoms with van der Waals surface area (Å²) in [6, 6.07) is 17.8. The molecule has 162 valence electrons. The Morgan fingerprint density at radius 1 is 0.968 bits per heavy atom. The van der Waals surface area contributed by atoms with Gasteiger partial charge in [-0.25, -0.2) is 4.98 Å². The van der Waals surface area contributed by atoms with Crippen molar-refractivity contribution >= 4 is 23.4 Å². The molecule has 0 saturated heterocycles. The van der Waals surface area contributed by atoms with E-state index in [-0.39, 0.29) is 5.91 Å². The third-order valence-corrected chi connectivity index (χ3v) is 4.71. The Hall–Kier alpha value is -3.61. The largest absolute Gasteiger partial charge is 0.497 e. The number of amides is 1. The van der Waals surface area contributed by atoms with Crippen LogP contribution < -0.4 is 20.7 Å². The van der Waals surface area contributed by atoms with Crippen LogP contribution in [0.25, 0.3) is 0 Å². The standard InChI is InChI=1S/C24H29N5O2/c1-17-4-9-20(10-5-17)28-22-16-18(2)27-24(29-22)26-15-14-25-23(30)13-8-19-6-11-21(31-3)12-7-19/h4-7,9-12,16H,8,13-15H2,1-3H3,(H,25,30)(H2,26,27,28,29). The van der Waals surface area contributed by atoms with Gasteiger partial charge in [-0.3, -0.25) is 4.79 Å². The van der Waals surface area contributed by atoms with Crippen molar-refractivity contribution in [3.8, 4) is 5.75 Å². The Morgan fingerprint density at radius 2 is 1.71 bits per heavy atom. The minimum Gasteiger partial charge on any atom is -0.497 e. The van der Waals surface area contributed by atoms with Crippen molar-refractivity contribution in [3.63, 3.8) is 0 Å². The molecule has 7 heteroatoms. The number of aromatic nitrogens is 2. The molecule has 3 rings (SSSR count). The van der Waals surface area contributed by atoms with Gasteiger partial charge in [0.25, 0.3) is 0 Å². The molecule has 7 nitrogen and oxygen atoms in total. The fourth-order valence-electron chi connectivity index (χ4n) is 3.01. The van der Waals surface area contributed by atoms with E-state index in [4.69, 9.17) is 4.74 Å². The number of aryl methyl sites for hydroxylation is 3. The monoisotopic (exact) mass is 419 g/mol. The van der Waals surface area contributed by atoms with E-state index >= 15 is 0 Å². The average molecular weight is 420 g/mol. The lowest BCUT2D eigenvalue weighted by Crippen LogP contribution is -2.29. The van der Waals surface area contributed by atoms with Gasteiger partial charge in [0.1, 0.15) is 11.6 Å². The van der Waals surface area contributed by atoms with Gasteiger partial charge in [0, 0.05) is 37.0 Å². The van der Waals surface area contributed by atoms with Crippen molar-refractivity contribution in [3.05, 3.63) is 71.4 Å². The normalized spacial score (nSPS) is 10.4. The molecule has 0 atom stereocenters. The van der Waals surface area contributed by atoms with Gasteiger partial charge < -0.3 is 20.7 Å². The fraction of sp³-hybridized carbons (Fsp3) is 0.292. The first kappa shape index (κ1) is 22.1. The molecule has 31 heavy (non-hydrogen) atoms. The van der Waals surface area contributed by atoms with Crippen molar-refractivity contribution in [2.24, 2.45) is 0 Å². The molecule has 3 aromatic rings. The number of hydrogen-bond donors (Lipinski definition) is 3. The number of carbonyl (C=O) groups is 1. The molecule has 0 fully saturated rings. The highest BCUT2D eigenvalue weighted by Gasteiger charge is 2.05. The van der Waals surface area contributed by atoms with E-state index in [1.54, 1.807) is 7.11 Å². The average Bonchev–Trinajstić information content (AvgIpc) is 2.77. The van der Waals surface area contributed by atoms with Gasteiger partial charge in [-0.05, 0) is 50.1 Å². The molecule has 0 aliphatic carbocycles. The predicted molar refractivity (Wildman–Crippen MR) is 124 cm³/mol. The lowest BCUT2D eigenvalue weighted by atomic mass is 10.1. The highest BCUT2D eigenvalue weighted by atomic mass is 16.5. The summed E-state index contributed by atoms with van der Waals surface area (Å²) in [5, 5.41) is 9.39. The number of anilines is 3. The van der Waals surface area contributed by atoms with Crippen LogP contribution in [0.1, 0.15) is 23.2 Å². The van der Waals surface area contributed by atoms with E-state index in [1.165, 1.54) is 5.56 Å². The SMILES string of the molecule is COc1ccc(CCC(=O)NCCNc2nc(C)cc(Nc3ccc(C)cc3)n2)cc1. The molecule has 1 amide bonds. The van der Waals surface area contributed by atoms with Crippen LogP contribution in [0.3, 0.4) is 0 Å². The van der Waals surface area contributed by atoms with E-state index in [0.29, 0.717) is 31.9 Å². The van der Waals surface area contributed by atoms with Crippen molar-refractivity contribution in [1.82, 2.24) is 15.3 Å². The van der Waals surface area contributed by atoms with Gasteiger partial charge in [-0.2, -0.15) is 4.98 Å². The molecule has 0 saturated carbocycles. The van der Waals surface area contributed by atoms with Crippen molar-refractivity contribution in [2.45, 2.75) is 26.7 Å². The fourth-order valence-corrected chi connectivity index (χ4v) is 3.01. The summed E-state index contributed by atoms with van der Waals surface area (Å²) >= 11 is 0. The Labute approximate surface area is 183 Å². The molecular formula is C24H29N5O2. The van der Waals surface area contributed by atoms with E-state index in [9.17, 15) is 4.79 Å². The van der Waals surface area contributed by atoms with Gasteiger partial charge in [-0.15, -0.1) is 0 Å². The lowest BCUT2D eigenvalue weighted by Gasteiger charge is -2.11. The summed E-state index contributed by atoms with van der Waals surface area (Å²) in [7, 11) is 1.64. The third kappa shape index (κ3) is 7.29. The number of carbonyl (C=O) groups excluding carboxylic acids is 1. The molecular weight excluding hydrogens is 390 g/mol. The summed E-state index contributed by atoms with van der Waals surface area (Å²) in [4.78, 5) is 21.0. The van der Waals surface area contributed by atoms with Crippen LogP contribution in [0.4, 0.5) is 17.5 Å². The number of rotatable bonds is 10. The summed E-state index contributed by atoms with van der Waals surface area (Å²) < 4.78 is 5.14. The maximum atomic E-state index is 12.1. The summed E-state index contributed by atoms with van der Waals surface area (Å²) in [6.45, 7) is 5.02. The first-order valence-electron chi connectivity index (χ1n) is 10.3. The Morgan fingerprint density at radius 3 is 2.42 bits per heavy atom. The molecule has 0 unspecified atom stereocenters. The highest BCUT2D eigenvalue weighted by Crippen LogP contribution is 2.17. The second-order valence-corrected chi connectivity index (χ2v) is 7.33. The van der Waals surface area contributed by atoms with Gasteiger partial charge in [0.15, 0.2) is 0 Å². The molecule has 3 N–H and O–H groups in total. The van der Waals surface area contributed by atoms with Gasteiger partial charge >= 0.3 is 0 Å². The molecule has 0 aliphatic heterocycles. The minimum absolute atomic E-state index is 0.0181. The zero-order valence-electron chi connectivity index (χ0n) is 18.2. The van der Waals surface area contributed by atoms with Crippen LogP contribution in [0, 0.1) is 13.8 Å². The van der Waals surface area contributed by atoms with Crippen molar-refractivity contribution in [1.29, 1.82) is 0 Å². The quantitative estimate of drug-likeness (QED) is 0.431. The third-order valence-electron chi connectivity index (χ3n) is 4.71. The highest BCUT2D eigenvalue weighted by molar-refractivity contribution is 5.76. The van der Waals surface area contributed by atoms with E-state index < -0.39 is 0 Å². The van der Waals surface area contributed by atoms with E-state index in [0.717, 1.165) is 28.5 Å². The Balaban J connectivity index is 1.41. The number of hydrogen-bond acceptors (Lipinski definition) is 6. The van der Waals surface area contributed by atoms with Gasteiger partial charge in [-0.1, -0.05) is 29.8 Å². The first-order chi connectivity index (χ1) is 15.0. The minimum atomic E-state index is 0.0181. The molecule has 0 bridgehead atoms. The topological polar surface area (TPSA) is 88.2 Å². The van der Waals surface area contributed by atoms with Crippen LogP contribution in [0.2, 0.25) is 0 Å². The number of benzene rings is 2. The number of methoxy groups -OCH3 is 1. The molecule has 0 radical (unpaired) electrons. The van der Waals surface area contributed by atoms with Crippen molar-refractivity contribution < 1.29 is 9.53 Å². The second-order valence-electron chi connectivity index (χ2n) is 7.33. The predicted octanol–water partition coefficient (Wildman–Crippen LogP) is 4.01. The van der Waals surface area contributed by atoms with Crippen LogP contribution >= 0.6 is 0 Å². The van der Waals surface area contributed by atoms with Crippen LogP contribution in [-0.4, -0.2) is 36.1 Å². The molecule has 2 aromatic carbocycles. The summed E-state index contributed by atoms with van der Waals surface area (Å²) in [5.41, 5.74) is 4.14. The number of nitrogens with zero attached hydrogens (tertiary/aromatic N) is 2. The zero-order chi connectivity index (χ0) is 22.1. The maximum Gasteiger partial charge on any atom is 0.224 e. The Kier molecular flexibility index (Phi) is 7.81. The second kappa shape index (κ2) is 11.0. The first-order valence-corrected chi connectivity index (χ1v) is 10.3. The zero-order valence-corrected chi connectivity index (χ0v) is 18.2. The molecule has 0 spiro atoms. The van der Waals surface area contributed by atoms with Gasteiger partial charge in [0.05, 0.1) is 7.11 Å². The van der Waals surface area contributed by atoms with Crippen LogP contribution in [0.15, 0.2) is 54.6 Å². The lowest BCUT2D eigenvalue weighted by molar-refractivity contribution is -0.120. The maximum absolute atomic E-state index is 12.1. The number of ether oxygens (including phenoxy) is 1.